The Kier molecular flexibility index (Phi) is 7.18. The van der Waals surface area contributed by atoms with Gasteiger partial charge in [-0.1, -0.05) is 0 Å². The Bertz CT molecular complexity index is 705. The molecule has 1 aromatic heterocycles. The Morgan fingerprint density at radius 1 is 1.07 bits per heavy atom. The molecule has 0 bridgehead atoms. The molecule has 30 heavy (non-hydrogen) atoms. The van der Waals surface area contributed by atoms with E-state index in [-0.39, 0.29) is 12.0 Å². The highest BCUT2D eigenvalue weighted by Gasteiger charge is 2.31. The molecule has 2 fully saturated rings. The second-order valence-electron chi connectivity index (χ2n) is 9.27. The van der Waals surface area contributed by atoms with Crippen molar-refractivity contribution >= 4 is 17.7 Å². The molecule has 3 heterocycles. The number of nitrogens with zero attached hydrogens (tertiary/aromatic N) is 4. The fraction of sp³-hybridized carbons (Fsp3) is 0.682. The molecule has 0 saturated carbocycles. The lowest BCUT2D eigenvalue weighted by Crippen LogP contribution is -2.53. The van der Waals surface area contributed by atoms with Crippen LogP contribution in [-0.4, -0.2) is 77.7 Å². The van der Waals surface area contributed by atoms with E-state index in [1.165, 1.54) is 0 Å². The zero-order valence-electron chi connectivity index (χ0n) is 18.4. The Morgan fingerprint density at radius 2 is 1.67 bits per heavy atom. The number of aromatic nitrogens is 1. The van der Waals surface area contributed by atoms with Crippen LogP contribution in [0.3, 0.4) is 0 Å². The van der Waals surface area contributed by atoms with Gasteiger partial charge in [-0.15, -0.1) is 0 Å². The summed E-state index contributed by atoms with van der Waals surface area (Å²) in [5.41, 5.74) is 6.94. The minimum absolute atomic E-state index is 0.0407. The van der Waals surface area contributed by atoms with Crippen molar-refractivity contribution in [1.82, 2.24) is 14.8 Å². The maximum atomic E-state index is 12.8. The topological polar surface area (TPSA) is 92.0 Å². The van der Waals surface area contributed by atoms with E-state index in [0.29, 0.717) is 38.5 Å². The van der Waals surface area contributed by atoms with Crippen molar-refractivity contribution in [3.8, 4) is 0 Å². The SMILES string of the molecule is CC(C)(C)OC(=O)N1CCC(C[C@H](N)C(=O)N2CCN(c3ccncc3)CC2)CC1. The molecule has 2 aliphatic rings. The van der Waals surface area contributed by atoms with Gasteiger partial charge in [-0.2, -0.15) is 0 Å². The van der Waals surface area contributed by atoms with Crippen LogP contribution in [0.1, 0.15) is 40.0 Å². The number of likely N-dealkylation sites (tertiary alicyclic amines) is 1. The highest BCUT2D eigenvalue weighted by Crippen LogP contribution is 2.24. The lowest BCUT2D eigenvalue weighted by molar-refractivity contribution is -0.133. The van der Waals surface area contributed by atoms with Gasteiger partial charge in [0, 0.05) is 57.3 Å². The molecule has 2 N–H and O–H groups in total. The van der Waals surface area contributed by atoms with E-state index in [4.69, 9.17) is 10.5 Å². The number of ether oxygens (including phenoxy) is 1. The van der Waals surface area contributed by atoms with Crippen molar-refractivity contribution in [1.29, 1.82) is 0 Å². The van der Waals surface area contributed by atoms with Crippen LogP contribution >= 0.6 is 0 Å². The van der Waals surface area contributed by atoms with E-state index in [0.717, 1.165) is 31.6 Å². The molecule has 0 spiro atoms. The van der Waals surface area contributed by atoms with Gasteiger partial charge in [-0.05, 0) is 58.1 Å². The van der Waals surface area contributed by atoms with E-state index >= 15 is 0 Å². The number of amides is 2. The van der Waals surface area contributed by atoms with E-state index in [1.54, 1.807) is 17.3 Å². The number of piperidine rings is 1. The fourth-order valence-electron chi connectivity index (χ4n) is 4.11. The second kappa shape index (κ2) is 9.64. The molecule has 0 radical (unpaired) electrons. The van der Waals surface area contributed by atoms with E-state index in [2.05, 4.69) is 9.88 Å². The molecule has 3 rings (SSSR count). The number of rotatable bonds is 4. The molecule has 2 saturated heterocycles. The van der Waals surface area contributed by atoms with Gasteiger partial charge in [-0.3, -0.25) is 9.78 Å². The summed E-state index contributed by atoms with van der Waals surface area (Å²) in [6.45, 7) is 9.92. The quantitative estimate of drug-likeness (QED) is 0.807. The average molecular weight is 418 g/mol. The first-order valence-electron chi connectivity index (χ1n) is 10.9. The van der Waals surface area contributed by atoms with Crippen molar-refractivity contribution < 1.29 is 14.3 Å². The predicted octanol–water partition coefficient (Wildman–Crippen LogP) is 2.09. The zero-order valence-corrected chi connectivity index (χ0v) is 18.4. The van der Waals surface area contributed by atoms with Crippen LogP contribution in [0, 0.1) is 5.92 Å². The Labute approximate surface area is 179 Å². The summed E-state index contributed by atoms with van der Waals surface area (Å²) in [7, 11) is 0. The molecule has 2 amide bonds. The Balaban J connectivity index is 1.41. The molecule has 0 aromatic carbocycles. The molecule has 8 heteroatoms. The highest BCUT2D eigenvalue weighted by atomic mass is 16.6. The smallest absolute Gasteiger partial charge is 0.410 e. The summed E-state index contributed by atoms with van der Waals surface area (Å²) in [4.78, 5) is 35.0. The van der Waals surface area contributed by atoms with Crippen LogP contribution in [0.25, 0.3) is 0 Å². The molecule has 1 aromatic rings. The van der Waals surface area contributed by atoms with Crippen LogP contribution < -0.4 is 10.6 Å². The van der Waals surface area contributed by atoms with Crippen LogP contribution in [-0.2, 0) is 9.53 Å². The summed E-state index contributed by atoms with van der Waals surface area (Å²) < 4.78 is 5.45. The van der Waals surface area contributed by atoms with Crippen LogP contribution in [0.15, 0.2) is 24.5 Å². The van der Waals surface area contributed by atoms with E-state index < -0.39 is 11.6 Å². The number of carbonyl (C=O) groups excluding carboxylic acids is 2. The highest BCUT2D eigenvalue weighted by molar-refractivity contribution is 5.82. The van der Waals surface area contributed by atoms with Crippen molar-refractivity contribution in [2.45, 2.75) is 51.7 Å². The minimum Gasteiger partial charge on any atom is -0.444 e. The number of carbonyl (C=O) groups is 2. The minimum atomic E-state index is -0.482. The fourth-order valence-corrected chi connectivity index (χ4v) is 4.11. The van der Waals surface area contributed by atoms with Gasteiger partial charge < -0.3 is 25.2 Å². The summed E-state index contributed by atoms with van der Waals surface area (Å²) in [6, 6.07) is 3.51. The number of piperazine rings is 1. The lowest BCUT2D eigenvalue weighted by atomic mass is 9.90. The molecular weight excluding hydrogens is 382 g/mol. The van der Waals surface area contributed by atoms with Gasteiger partial charge in [0.05, 0.1) is 6.04 Å². The van der Waals surface area contributed by atoms with Gasteiger partial charge >= 0.3 is 6.09 Å². The standard InChI is InChI=1S/C22H35N5O3/c1-22(2,3)30-21(29)27-10-6-17(7-11-27)16-19(23)20(28)26-14-12-25(13-15-26)18-4-8-24-9-5-18/h4-5,8-9,17,19H,6-7,10-16,23H2,1-3H3/t19-/m0/s1. The van der Waals surface area contributed by atoms with Gasteiger partial charge in [0.15, 0.2) is 0 Å². The normalized spacial score (nSPS) is 19.5. The third-order valence-corrected chi connectivity index (χ3v) is 5.79. The van der Waals surface area contributed by atoms with Gasteiger partial charge in [0.1, 0.15) is 5.60 Å². The first-order chi connectivity index (χ1) is 14.2. The number of hydrogen-bond donors (Lipinski definition) is 1. The predicted molar refractivity (Wildman–Crippen MR) is 116 cm³/mol. The number of anilines is 1. The van der Waals surface area contributed by atoms with E-state index in [1.807, 2.05) is 37.8 Å². The van der Waals surface area contributed by atoms with Crippen molar-refractivity contribution in [2.75, 3.05) is 44.2 Å². The summed E-state index contributed by atoms with van der Waals surface area (Å²) >= 11 is 0. The number of hydrogen-bond acceptors (Lipinski definition) is 6. The van der Waals surface area contributed by atoms with Crippen LogP contribution in [0.2, 0.25) is 0 Å². The van der Waals surface area contributed by atoms with Crippen molar-refractivity contribution in [3.63, 3.8) is 0 Å². The van der Waals surface area contributed by atoms with Crippen LogP contribution in [0.4, 0.5) is 10.5 Å². The summed E-state index contributed by atoms with van der Waals surface area (Å²) in [6.07, 6.45) is 5.71. The number of pyridine rings is 1. The largest absolute Gasteiger partial charge is 0.444 e. The van der Waals surface area contributed by atoms with E-state index in [9.17, 15) is 9.59 Å². The first kappa shape index (κ1) is 22.3. The molecule has 0 unspecified atom stereocenters. The van der Waals surface area contributed by atoms with Crippen molar-refractivity contribution in [3.05, 3.63) is 24.5 Å². The van der Waals surface area contributed by atoms with Crippen LogP contribution in [0.5, 0.6) is 0 Å². The van der Waals surface area contributed by atoms with Crippen molar-refractivity contribution in [2.24, 2.45) is 11.7 Å². The van der Waals surface area contributed by atoms with Gasteiger partial charge in [0.2, 0.25) is 5.91 Å². The maximum absolute atomic E-state index is 12.8. The third-order valence-electron chi connectivity index (χ3n) is 5.79. The molecular formula is C22H35N5O3. The first-order valence-corrected chi connectivity index (χ1v) is 10.9. The molecule has 8 nitrogen and oxygen atoms in total. The molecule has 0 aliphatic carbocycles. The molecule has 166 valence electrons. The third kappa shape index (κ3) is 6.08. The molecule has 1 atom stereocenters. The maximum Gasteiger partial charge on any atom is 0.410 e. The zero-order chi connectivity index (χ0) is 21.7. The Hall–Kier alpha value is -2.35. The van der Waals surface area contributed by atoms with Gasteiger partial charge in [0.25, 0.3) is 0 Å². The average Bonchev–Trinajstić information content (AvgIpc) is 2.73. The molecule has 2 aliphatic heterocycles. The summed E-state index contributed by atoms with van der Waals surface area (Å²) in [5.74, 6) is 0.402. The summed E-state index contributed by atoms with van der Waals surface area (Å²) in [5, 5.41) is 0. The van der Waals surface area contributed by atoms with Gasteiger partial charge in [-0.25, -0.2) is 4.79 Å². The monoisotopic (exact) mass is 417 g/mol. The number of nitrogens with two attached hydrogens (primary N) is 1. The second-order valence-corrected chi connectivity index (χ2v) is 9.27. The Morgan fingerprint density at radius 3 is 2.23 bits per heavy atom. The lowest BCUT2D eigenvalue weighted by Gasteiger charge is -2.38.